The van der Waals surface area contributed by atoms with Crippen LogP contribution in [0.4, 0.5) is 0 Å². The summed E-state index contributed by atoms with van der Waals surface area (Å²) in [5.74, 6) is 0.644. The lowest BCUT2D eigenvalue weighted by Crippen LogP contribution is -2.35. The maximum Gasteiger partial charge on any atom is 0.220 e. The molecule has 0 spiro atoms. The number of nitrogens with one attached hydrogen (secondary N) is 1. The Labute approximate surface area is 90.0 Å². The van der Waals surface area contributed by atoms with Crippen LogP contribution in [0.2, 0.25) is 0 Å². The number of hydrogen-bond acceptors (Lipinski definition) is 2. The molecule has 0 aromatic rings. The van der Waals surface area contributed by atoms with E-state index in [1.54, 1.807) is 14.0 Å². The third kappa shape index (κ3) is 1.73. The van der Waals surface area contributed by atoms with Crippen molar-refractivity contribution >= 4 is 11.8 Å². The van der Waals surface area contributed by atoms with Crippen LogP contribution < -0.4 is 5.32 Å². The van der Waals surface area contributed by atoms with E-state index in [1.165, 1.54) is 0 Å². The summed E-state index contributed by atoms with van der Waals surface area (Å²) in [6.45, 7) is 1.63. The van der Waals surface area contributed by atoms with Gasteiger partial charge in [0.1, 0.15) is 0 Å². The van der Waals surface area contributed by atoms with Crippen molar-refractivity contribution in [2.75, 3.05) is 7.05 Å². The van der Waals surface area contributed by atoms with Gasteiger partial charge in [0.05, 0.1) is 0 Å². The quantitative estimate of drug-likeness (QED) is 0.722. The fourth-order valence-corrected chi connectivity index (χ4v) is 3.16. The van der Waals surface area contributed by atoms with Crippen LogP contribution in [0.15, 0.2) is 0 Å². The highest BCUT2D eigenvalue weighted by Gasteiger charge is 2.47. The molecule has 2 bridgehead atoms. The fraction of sp³-hybridized carbons (Fsp3) is 0.818. The Morgan fingerprint density at radius 2 is 2.13 bits per heavy atom. The minimum absolute atomic E-state index is 0.0936. The van der Waals surface area contributed by atoms with Gasteiger partial charge in [-0.3, -0.25) is 9.59 Å². The zero-order valence-electron chi connectivity index (χ0n) is 9.32. The van der Waals surface area contributed by atoms with Gasteiger partial charge in [0.2, 0.25) is 11.8 Å². The smallest absolute Gasteiger partial charge is 0.220 e. The number of fused-ring (bicyclic) bond motifs is 2. The Kier molecular flexibility index (Phi) is 2.67. The zero-order valence-corrected chi connectivity index (χ0v) is 9.32. The van der Waals surface area contributed by atoms with Crippen LogP contribution in [0.25, 0.3) is 0 Å². The molecule has 2 fully saturated rings. The molecular formula is C11H18N2O2. The molecule has 0 aliphatic carbocycles. The third-order valence-electron chi connectivity index (χ3n) is 3.76. The van der Waals surface area contributed by atoms with E-state index >= 15 is 0 Å². The minimum Gasteiger partial charge on any atom is -0.359 e. The summed E-state index contributed by atoms with van der Waals surface area (Å²) in [4.78, 5) is 24.7. The second-order valence-corrected chi connectivity index (χ2v) is 4.60. The van der Waals surface area contributed by atoms with E-state index in [-0.39, 0.29) is 11.8 Å². The molecule has 2 aliphatic heterocycles. The van der Waals surface area contributed by atoms with Gasteiger partial charge in [-0.15, -0.1) is 0 Å². The van der Waals surface area contributed by atoms with Gasteiger partial charge in [-0.2, -0.15) is 0 Å². The van der Waals surface area contributed by atoms with Gasteiger partial charge in [-0.25, -0.2) is 0 Å². The van der Waals surface area contributed by atoms with E-state index in [9.17, 15) is 9.59 Å². The summed E-state index contributed by atoms with van der Waals surface area (Å²) < 4.78 is 0. The molecule has 1 N–H and O–H groups in total. The lowest BCUT2D eigenvalue weighted by atomic mass is 9.87. The van der Waals surface area contributed by atoms with E-state index in [0.717, 1.165) is 19.3 Å². The summed E-state index contributed by atoms with van der Waals surface area (Å²) in [5, 5.41) is 2.65. The Bertz CT molecular complexity index is 290. The van der Waals surface area contributed by atoms with Crippen molar-refractivity contribution < 1.29 is 9.59 Å². The Hall–Kier alpha value is -1.06. The van der Waals surface area contributed by atoms with Crippen molar-refractivity contribution in [3.63, 3.8) is 0 Å². The monoisotopic (exact) mass is 210 g/mol. The molecule has 2 heterocycles. The van der Waals surface area contributed by atoms with E-state index in [4.69, 9.17) is 0 Å². The van der Waals surface area contributed by atoms with Crippen LogP contribution in [0.1, 0.15) is 32.6 Å². The molecule has 0 aromatic heterocycles. The maximum atomic E-state index is 11.4. The largest absolute Gasteiger partial charge is 0.359 e. The lowest BCUT2D eigenvalue weighted by Gasteiger charge is -2.22. The number of amides is 2. The minimum atomic E-state index is 0.0936. The first kappa shape index (κ1) is 10.5. The predicted molar refractivity (Wildman–Crippen MR) is 56.1 cm³/mol. The van der Waals surface area contributed by atoms with Crippen LogP contribution in [-0.4, -0.2) is 35.8 Å². The Balaban J connectivity index is 2.02. The van der Waals surface area contributed by atoms with E-state index in [1.807, 2.05) is 4.90 Å². The van der Waals surface area contributed by atoms with Gasteiger partial charge in [-0.1, -0.05) is 0 Å². The zero-order chi connectivity index (χ0) is 11.0. The van der Waals surface area contributed by atoms with Gasteiger partial charge in [-0.05, 0) is 25.2 Å². The molecule has 3 atom stereocenters. The van der Waals surface area contributed by atoms with Gasteiger partial charge in [0.25, 0.3) is 0 Å². The van der Waals surface area contributed by atoms with E-state index < -0.39 is 0 Å². The molecule has 2 saturated heterocycles. The number of rotatable bonds is 2. The van der Waals surface area contributed by atoms with E-state index in [0.29, 0.717) is 24.4 Å². The van der Waals surface area contributed by atoms with Gasteiger partial charge in [0.15, 0.2) is 0 Å². The van der Waals surface area contributed by atoms with Gasteiger partial charge >= 0.3 is 0 Å². The van der Waals surface area contributed by atoms with Crippen LogP contribution in [-0.2, 0) is 9.59 Å². The van der Waals surface area contributed by atoms with Crippen molar-refractivity contribution in [1.29, 1.82) is 0 Å². The number of nitrogens with zero attached hydrogens (tertiary/aromatic N) is 1. The highest BCUT2D eigenvalue weighted by molar-refractivity contribution is 5.77. The molecule has 2 aliphatic rings. The molecule has 84 valence electrons. The van der Waals surface area contributed by atoms with Crippen molar-refractivity contribution in [3.05, 3.63) is 0 Å². The first-order valence-corrected chi connectivity index (χ1v) is 5.63. The average Bonchev–Trinajstić information content (AvgIpc) is 2.74. The summed E-state index contributed by atoms with van der Waals surface area (Å²) in [6, 6.07) is 0.729. The molecule has 4 nitrogen and oxygen atoms in total. The molecule has 0 unspecified atom stereocenters. The van der Waals surface area contributed by atoms with E-state index in [2.05, 4.69) is 5.32 Å². The van der Waals surface area contributed by atoms with Crippen molar-refractivity contribution in [1.82, 2.24) is 10.2 Å². The van der Waals surface area contributed by atoms with Crippen molar-refractivity contribution in [3.8, 4) is 0 Å². The second-order valence-electron chi connectivity index (χ2n) is 4.60. The molecule has 0 saturated carbocycles. The van der Waals surface area contributed by atoms with Gasteiger partial charge < -0.3 is 10.2 Å². The predicted octanol–water partition coefficient (Wildman–Crippen LogP) is 0.522. The van der Waals surface area contributed by atoms with Crippen LogP contribution >= 0.6 is 0 Å². The molecule has 0 radical (unpaired) electrons. The second kappa shape index (κ2) is 3.83. The molecule has 2 amide bonds. The Morgan fingerprint density at radius 3 is 2.67 bits per heavy atom. The van der Waals surface area contributed by atoms with Crippen LogP contribution in [0, 0.1) is 5.92 Å². The highest BCUT2D eigenvalue weighted by Crippen LogP contribution is 2.42. The molecular weight excluding hydrogens is 192 g/mol. The summed E-state index contributed by atoms with van der Waals surface area (Å²) >= 11 is 0. The fourth-order valence-electron chi connectivity index (χ4n) is 3.16. The molecule has 15 heavy (non-hydrogen) atoms. The third-order valence-corrected chi connectivity index (χ3v) is 3.76. The standard InChI is InChI=1S/C11H18N2O2/c1-7(14)13-9-3-4-10(13)8(5-9)6-11(15)12-2/h8-10H,3-6H2,1-2H3,(H,12,15)/t8-,9+,10-/m0/s1. The number of hydrogen-bond donors (Lipinski definition) is 1. The summed E-state index contributed by atoms with van der Waals surface area (Å²) in [7, 11) is 1.66. The summed E-state index contributed by atoms with van der Waals surface area (Å²) in [6.07, 6.45) is 3.78. The number of carbonyl (C=O) groups excluding carboxylic acids is 2. The van der Waals surface area contributed by atoms with Crippen molar-refractivity contribution in [2.24, 2.45) is 5.92 Å². The number of carbonyl (C=O) groups is 2. The molecule has 0 aromatic carbocycles. The highest BCUT2D eigenvalue weighted by atomic mass is 16.2. The average molecular weight is 210 g/mol. The summed E-state index contributed by atoms with van der Waals surface area (Å²) in [5.41, 5.74) is 0. The first-order chi connectivity index (χ1) is 7.13. The Morgan fingerprint density at radius 1 is 1.40 bits per heavy atom. The normalized spacial score (nSPS) is 33.2. The molecule has 2 rings (SSSR count). The lowest BCUT2D eigenvalue weighted by molar-refractivity contribution is -0.130. The van der Waals surface area contributed by atoms with Crippen LogP contribution in [0.5, 0.6) is 0 Å². The molecule has 4 heteroatoms. The SMILES string of the molecule is CNC(=O)C[C@@H]1C[C@H]2CC[C@@H]1N2C(C)=O. The van der Waals surface area contributed by atoms with Crippen LogP contribution in [0.3, 0.4) is 0 Å². The maximum absolute atomic E-state index is 11.4. The van der Waals surface area contributed by atoms with Gasteiger partial charge in [0, 0.05) is 32.5 Å². The first-order valence-electron chi connectivity index (χ1n) is 5.63. The van der Waals surface area contributed by atoms with Crippen molar-refractivity contribution in [2.45, 2.75) is 44.7 Å². The topological polar surface area (TPSA) is 49.4 Å².